The summed E-state index contributed by atoms with van der Waals surface area (Å²) in [6.07, 6.45) is 5.56. The zero-order chi connectivity index (χ0) is 14.3. The van der Waals surface area contributed by atoms with E-state index in [9.17, 15) is 9.59 Å². The summed E-state index contributed by atoms with van der Waals surface area (Å²) in [4.78, 5) is 24.9. The quantitative estimate of drug-likeness (QED) is 0.746. The first kappa shape index (κ1) is 15.8. The second kappa shape index (κ2) is 8.02. The number of likely N-dealkylation sites (tertiary alicyclic amines) is 1. The van der Waals surface area contributed by atoms with Crippen LogP contribution in [0.4, 0.5) is 4.79 Å². The molecule has 1 aliphatic rings. The Morgan fingerprint density at radius 1 is 1.37 bits per heavy atom. The number of carboxylic acid groups (broad SMARTS) is 1. The van der Waals surface area contributed by atoms with Crippen molar-refractivity contribution < 1.29 is 14.7 Å². The summed E-state index contributed by atoms with van der Waals surface area (Å²) in [5.74, 6) is -0.360. The first-order valence-electron chi connectivity index (χ1n) is 7.36. The summed E-state index contributed by atoms with van der Waals surface area (Å²) in [5.41, 5.74) is 0. The van der Waals surface area contributed by atoms with Crippen LogP contribution in [0.5, 0.6) is 0 Å². The minimum Gasteiger partial charge on any atom is -0.480 e. The van der Waals surface area contributed by atoms with E-state index in [0.29, 0.717) is 12.3 Å². The van der Waals surface area contributed by atoms with Crippen LogP contribution in [-0.2, 0) is 4.79 Å². The Morgan fingerprint density at radius 3 is 2.68 bits per heavy atom. The molecular weight excluding hydrogens is 244 g/mol. The molecule has 2 atom stereocenters. The van der Waals surface area contributed by atoms with Crippen LogP contribution in [0.1, 0.15) is 52.4 Å². The highest BCUT2D eigenvalue weighted by Crippen LogP contribution is 2.20. The highest BCUT2D eigenvalue weighted by Gasteiger charge is 2.28. The fourth-order valence-corrected chi connectivity index (χ4v) is 2.57. The van der Waals surface area contributed by atoms with Crippen LogP contribution in [0.2, 0.25) is 0 Å². The summed E-state index contributed by atoms with van der Waals surface area (Å²) >= 11 is 0. The molecule has 0 saturated carbocycles. The minimum absolute atomic E-state index is 0.220. The molecule has 0 radical (unpaired) electrons. The van der Waals surface area contributed by atoms with E-state index in [2.05, 4.69) is 12.2 Å². The number of hydrogen-bond donors (Lipinski definition) is 2. The van der Waals surface area contributed by atoms with Crippen LogP contribution in [0, 0.1) is 5.92 Å². The van der Waals surface area contributed by atoms with Gasteiger partial charge in [0.05, 0.1) is 0 Å². The lowest BCUT2D eigenvalue weighted by molar-refractivity contribution is -0.139. The molecule has 0 aromatic heterocycles. The molecule has 0 aliphatic carbocycles. The molecule has 5 heteroatoms. The number of amides is 2. The Bertz CT molecular complexity index is 307. The molecule has 1 aliphatic heterocycles. The van der Waals surface area contributed by atoms with Crippen molar-refractivity contribution in [1.29, 1.82) is 0 Å². The third-order valence-corrected chi connectivity index (χ3v) is 3.71. The van der Waals surface area contributed by atoms with Gasteiger partial charge in [-0.25, -0.2) is 9.59 Å². The molecule has 0 aromatic rings. The highest BCUT2D eigenvalue weighted by atomic mass is 16.4. The fourth-order valence-electron chi connectivity index (χ4n) is 2.57. The molecule has 5 nitrogen and oxygen atoms in total. The van der Waals surface area contributed by atoms with E-state index < -0.39 is 12.0 Å². The van der Waals surface area contributed by atoms with Gasteiger partial charge in [-0.3, -0.25) is 0 Å². The molecule has 2 N–H and O–H groups in total. The monoisotopic (exact) mass is 270 g/mol. The SMILES string of the molecule is CCCC[C@H](NC(=O)N1CCC(CCC)C1)C(=O)O. The lowest BCUT2D eigenvalue weighted by Gasteiger charge is -2.21. The molecular formula is C14H26N2O3. The van der Waals surface area contributed by atoms with Gasteiger partial charge in [0.2, 0.25) is 0 Å². The number of unbranched alkanes of at least 4 members (excludes halogenated alkanes) is 1. The predicted octanol–water partition coefficient (Wildman–Crippen LogP) is 2.46. The third kappa shape index (κ3) is 5.09. The van der Waals surface area contributed by atoms with Gasteiger partial charge in [0, 0.05) is 13.1 Å². The molecule has 1 rings (SSSR count). The van der Waals surface area contributed by atoms with E-state index in [1.807, 2.05) is 6.92 Å². The maximum atomic E-state index is 12.0. The smallest absolute Gasteiger partial charge is 0.326 e. The molecule has 110 valence electrons. The van der Waals surface area contributed by atoms with Gasteiger partial charge < -0.3 is 15.3 Å². The van der Waals surface area contributed by atoms with Crippen LogP contribution in [0.15, 0.2) is 0 Å². The second-order valence-corrected chi connectivity index (χ2v) is 5.37. The zero-order valence-corrected chi connectivity index (χ0v) is 12.0. The van der Waals surface area contributed by atoms with Crippen molar-refractivity contribution in [2.75, 3.05) is 13.1 Å². The van der Waals surface area contributed by atoms with Gasteiger partial charge in [-0.2, -0.15) is 0 Å². The molecule has 1 fully saturated rings. The average Bonchev–Trinajstić information content (AvgIpc) is 2.83. The number of urea groups is 1. The van der Waals surface area contributed by atoms with Gasteiger partial charge in [0.15, 0.2) is 0 Å². The maximum Gasteiger partial charge on any atom is 0.326 e. The molecule has 1 unspecified atom stereocenters. The van der Waals surface area contributed by atoms with E-state index in [4.69, 9.17) is 5.11 Å². The predicted molar refractivity (Wildman–Crippen MR) is 74.1 cm³/mol. The number of carboxylic acids is 1. The van der Waals surface area contributed by atoms with Crippen LogP contribution in [0.3, 0.4) is 0 Å². The minimum atomic E-state index is -0.939. The largest absolute Gasteiger partial charge is 0.480 e. The number of aliphatic carboxylic acids is 1. The van der Waals surface area contributed by atoms with Crippen LogP contribution < -0.4 is 5.32 Å². The van der Waals surface area contributed by atoms with Gasteiger partial charge in [0.25, 0.3) is 0 Å². The van der Waals surface area contributed by atoms with Crippen molar-refractivity contribution in [2.45, 2.75) is 58.4 Å². The van der Waals surface area contributed by atoms with Gasteiger partial charge in [0.1, 0.15) is 6.04 Å². The Hall–Kier alpha value is -1.26. The summed E-state index contributed by atoms with van der Waals surface area (Å²) in [5, 5.41) is 11.7. The highest BCUT2D eigenvalue weighted by molar-refractivity contribution is 5.82. The van der Waals surface area contributed by atoms with Crippen molar-refractivity contribution in [2.24, 2.45) is 5.92 Å². The first-order valence-corrected chi connectivity index (χ1v) is 7.36. The fraction of sp³-hybridized carbons (Fsp3) is 0.857. The summed E-state index contributed by atoms with van der Waals surface area (Å²) in [6.45, 7) is 5.67. The number of carbonyl (C=O) groups is 2. The van der Waals surface area contributed by atoms with Crippen molar-refractivity contribution in [1.82, 2.24) is 10.2 Å². The summed E-state index contributed by atoms with van der Waals surface area (Å²) in [7, 11) is 0. The molecule has 0 spiro atoms. The van der Waals surface area contributed by atoms with E-state index in [1.165, 1.54) is 0 Å². The number of nitrogens with one attached hydrogen (secondary N) is 1. The first-order chi connectivity index (χ1) is 9.08. The van der Waals surface area contributed by atoms with Gasteiger partial charge in [-0.1, -0.05) is 33.1 Å². The van der Waals surface area contributed by atoms with Gasteiger partial charge in [-0.15, -0.1) is 0 Å². The summed E-state index contributed by atoms with van der Waals surface area (Å²) in [6, 6.07) is -0.972. The normalized spacial score (nSPS) is 20.3. The third-order valence-electron chi connectivity index (χ3n) is 3.71. The topological polar surface area (TPSA) is 69.6 Å². The Labute approximate surface area is 115 Å². The van der Waals surface area contributed by atoms with Crippen molar-refractivity contribution in [3.05, 3.63) is 0 Å². The molecule has 0 bridgehead atoms. The Morgan fingerprint density at radius 2 is 2.11 bits per heavy atom. The van der Waals surface area contributed by atoms with Crippen LogP contribution in [-0.4, -0.2) is 41.1 Å². The van der Waals surface area contributed by atoms with Crippen molar-refractivity contribution in [3.63, 3.8) is 0 Å². The van der Waals surface area contributed by atoms with Crippen molar-refractivity contribution >= 4 is 12.0 Å². The molecule has 1 heterocycles. The number of carbonyl (C=O) groups excluding carboxylic acids is 1. The Balaban J connectivity index is 2.42. The van der Waals surface area contributed by atoms with E-state index in [0.717, 1.165) is 45.2 Å². The van der Waals surface area contributed by atoms with Crippen LogP contribution in [0.25, 0.3) is 0 Å². The van der Waals surface area contributed by atoms with Gasteiger partial charge >= 0.3 is 12.0 Å². The molecule has 19 heavy (non-hydrogen) atoms. The number of rotatable bonds is 7. The van der Waals surface area contributed by atoms with E-state index in [1.54, 1.807) is 4.90 Å². The number of hydrogen-bond acceptors (Lipinski definition) is 2. The molecule has 2 amide bonds. The second-order valence-electron chi connectivity index (χ2n) is 5.37. The number of nitrogens with zero attached hydrogens (tertiary/aromatic N) is 1. The zero-order valence-electron chi connectivity index (χ0n) is 12.0. The average molecular weight is 270 g/mol. The van der Waals surface area contributed by atoms with Gasteiger partial charge in [-0.05, 0) is 25.2 Å². The van der Waals surface area contributed by atoms with E-state index in [-0.39, 0.29) is 6.03 Å². The Kier molecular flexibility index (Phi) is 6.67. The molecule has 0 aromatic carbocycles. The van der Waals surface area contributed by atoms with E-state index >= 15 is 0 Å². The lowest BCUT2D eigenvalue weighted by atomic mass is 10.0. The lowest BCUT2D eigenvalue weighted by Crippen LogP contribution is -2.47. The van der Waals surface area contributed by atoms with Crippen LogP contribution >= 0.6 is 0 Å². The standard InChI is InChI=1S/C14H26N2O3/c1-3-5-7-12(13(17)18)15-14(19)16-9-8-11(10-16)6-4-2/h11-12H,3-10H2,1-2H3,(H,15,19)(H,17,18)/t11?,12-/m0/s1. The summed E-state index contributed by atoms with van der Waals surface area (Å²) < 4.78 is 0. The maximum absolute atomic E-state index is 12.0. The molecule has 1 saturated heterocycles. The van der Waals surface area contributed by atoms with Crippen molar-refractivity contribution in [3.8, 4) is 0 Å².